The molecule has 0 aliphatic heterocycles. The molecule has 0 radical (unpaired) electrons. The van der Waals surface area contributed by atoms with Gasteiger partial charge in [-0.2, -0.15) is 0 Å². The second kappa shape index (κ2) is 16.4. The summed E-state index contributed by atoms with van der Waals surface area (Å²) in [5, 5.41) is 0. The molecule has 6 aromatic carbocycles. The van der Waals surface area contributed by atoms with Crippen LogP contribution in [0.25, 0.3) is 36.5 Å². The first-order chi connectivity index (χ1) is 31.5. The first-order valence-corrected chi connectivity index (χ1v) is 24.9. The molecule has 0 amide bonds. The number of anilines is 3. The van der Waals surface area contributed by atoms with Gasteiger partial charge in [0.1, 0.15) is 0 Å². The van der Waals surface area contributed by atoms with Crippen LogP contribution in [0.1, 0.15) is 146 Å². The van der Waals surface area contributed by atoms with Gasteiger partial charge < -0.3 is 4.90 Å². The van der Waals surface area contributed by atoms with Gasteiger partial charge in [-0.05, 0) is 217 Å². The average molecular weight is 834 g/mol. The molecule has 0 saturated heterocycles. The molecule has 6 saturated carbocycles. The molecule has 0 heterocycles. The smallest absolute Gasteiger partial charge is 0.0462 e. The van der Waals surface area contributed by atoms with Gasteiger partial charge in [-0.15, -0.1) is 0 Å². The number of rotatable bonds is 12. The van der Waals surface area contributed by atoms with Crippen molar-refractivity contribution >= 4 is 53.5 Å². The van der Waals surface area contributed by atoms with Crippen LogP contribution in [0, 0.1) is 17.8 Å². The quantitative estimate of drug-likeness (QED) is 0.111. The second-order valence-corrected chi connectivity index (χ2v) is 21.3. The lowest BCUT2D eigenvalue weighted by Crippen LogP contribution is -2.19. The van der Waals surface area contributed by atoms with E-state index in [0.717, 1.165) is 34.8 Å². The van der Waals surface area contributed by atoms with Crippen LogP contribution in [0.15, 0.2) is 146 Å². The lowest BCUT2D eigenvalue weighted by Gasteiger charge is -2.27. The zero-order valence-corrected chi connectivity index (χ0v) is 37.6. The molecule has 0 spiro atoms. The van der Waals surface area contributed by atoms with E-state index in [-0.39, 0.29) is 0 Å². The van der Waals surface area contributed by atoms with E-state index < -0.39 is 0 Å². The van der Waals surface area contributed by atoms with Crippen LogP contribution in [0.5, 0.6) is 0 Å². The monoisotopic (exact) mass is 833 g/mol. The molecule has 12 rings (SSSR count). The highest BCUT2D eigenvalue weighted by Crippen LogP contribution is 2.57. The summed E-state index contributed by atoms with van der Waals surface area (Å²) in [6.45, 7) is 0. The van der Waals surface area contributed by atoms with Gasteiger partial charge in [0.25, 0.3) is 0 Å². The summed E-state index contributed by atoms with van der Waals surface area (Å²) in [4.78, 5) is 2.38. The van der Waals surface area contributed by atoms with Gasteiger partial charge in [-0.1, -0.05) is 146 Å². The zero-order valence-electron chi connectivity index (χ0n) is 37.6. The normalized spacial score (nSPS) is 27.8. The maximum Gasteiger partial charge on any atom is 0.0462 e. The Morgan fingerprint density at radius 3 is 0.672 bits per heavy atom. The topological polar surface area (TPSA) is 3.24 Å². The fraction of sp³-hybridized carbons (Fsp3) is 0.333. The molecule has 320 valence electrons. The third-order valence-electron chi connectivity index (χ3n) is 17.7. The molecular weight excluding hydrogens is 771 g/mol. The van der Waals surface area contributed by atoms with Crippen LogP contribution in [-0.2, 0) is 16.2 Å². The Bertz CT molecular complexity index is 2350. The molecule has 64 heavy (non-hydrogen) atoms. The maximum atomic E-state index is 2.41. The zero-order chi connectivity index (χ0) is 42.6. The lowest BCUT2D eigenvalue weighted by atomic mass is 9.77. The highest BCUT2D eigenvalue weighted by Gasteiger charge is 2.47. The van der Waals surface area contributed by atoms with E-state index in [1.54, 1.807) is 16.7 Å². The lowest BCUT2D eigenvalue weighted by molar-refractivity contribution is 0.419. The van der Waals surface area contributed by atoms with Crippen molar-refractivity contribution in [2.24, 2.45) is 17.8 Å². The molecule has 0 atom stereocenters. The van der Waals surface area contributed by atoms with Crippen LogP contribution in [0.2, 0.25) is 0 Å². The number of hydrogen-bond donors (Lipinski definition) is 0. The largest absolute Gasteiger partial charge is 0.311 e. The van der Waals surface area contributed by atoms with Gasteiger partial charge in [0, 0.05) is 17.1 Å². The average Bonchev–Trinajstić information content (AvgIpc) is 4.25. The SMILES string of the molecule is C(=C\c1ccc(C23CCC(CC2)C3)cc1)/c1ccc(N(c2ccc(/C=C/c3ccc(C45CCC(CC4)C5)cc3)cc2)c2ccc(/C=C/c3ccc(C45CCC(CC4)C5)cc3)cc2)cc1. The van der Waals surface area contributed by atoms with E-state index in [2.05, 4.69) is 187 Å². The summed E-state index contributed by atoms with van der Waals surface area (Å²) < 4.78 is 0. The summed E-state index contributed by atoms with van der Waals surface area (Å²) in [5.41, 5.74) is 16.9. The fourth-order valence-electron chi connectivity index (χ4n) is 13.9. The Labute approximate surface area is 382 Å². The van der Waals surface area contributed by atoms with Crippen molar-refractivity contribution in [2.45, 2.75) is 113 Å². The molecule has 0 unspecified atom stereocenters. The molecular formula is C63H63N. The Morgan fingerprint density at radius 2 is 0.484 bits per heavy atom. The minimum Gasteiger partial charge on any atom is -0.311 e. The van der Waals surface area contributed by atoms with Crippen molar-refractivity contribution in [1.29, 1.82) is 0 Å². The van der Waals surface area contributed by atoms with Gasteiger partial charge in [0.2, 0.25) is 0 Å². The van der Waals surface area contributed by atoms with Gasteiger partial charge in [0.05, 0.1) is 0 Å². The van der Waals surface area contributed by atoms with Crippen LogP contribution >= 0.6 is 0 Å². The molecule has 0 aromatic heterocycles. The van der Waals surface area contributed by atoms with Crippen LogP contribution < -0.4 is 4.90 Å². The van der Waals surface area contributed by atoms with Crippen LogP contribution in [0.3, 0.4) is 0 Å². The van der Waals surface area contributed by atoms with Crippen LogP contribution in [0.4, 0.5) is 17.1 Å². The number of fused-ring (bicyclic) bond motifs is 6. The standard InChI is InChI=1S/C63H63N/c1(46-7-19-55(20-8-46)61-37-31-52(43-61)32-38-61)4-49-13-25-58(26-14-49)64(59-27-15-50(16-28-59)5-2-47-9-21-56(22-10-47)62-39-33-53(44-62)34-40-62)60-29-17-51(18-30-60)6-3-48-11-23-57(24-12-48)63-41-35-54(45-63)36-42-63/h1-30,52-54H,31-45H2/b4-1+,5-2+,6-3+. The minimum atomic E-state index is 0.462. The van der Waals surface area contributed by atoms with Crippen molar-refractivity contribution in [3.8, 4) is 0 Å². The van der Waals surface area contributed by atoms with Crippen LogP contribution in [-0.4, -0.2) is 0 Å². The van der Waals surface area contributed by atoms with Crippen molar-refractivity contribution < 1.29 is 0 Å². The van der Waals surface area contributed by atoms with Crippen molar-refractivity contribution in [3.05, 3.63) is 196 Å². The summed E-state index contributed by atoms with van der Waals surface area (Å²) in [6.07, 6.45) is 34.6. The van der Waals surface area contributed by atoms with E-state index in [4.69, 9.17) is 0 Å². The molecule has 1 nitrogen and oxygen atoms in total. The highest BCUT2D eigenvalue weighted by atomic mass is 15.1. The van der Waals surface area contributed by atoms with E-state index in [0.29, 0.717) is 16.2 Å². The Morgan fingerprint density at radius 1 is 0.281 bits per heavy atom. The van der Waals surface area contributed by atoms with Crippen molar-refractivity contribution in [2.75, 3.05) is 4.90 Å². The summed E-state index contributed by atoms with van der Waals surface area (Å²) in [7, 11) is 0. The highest BCUT2D eigenvalue weighted by molar-refractivity contribution is 5.80. The van der Waals surface area contributed by atoms with Gasteiger partial charge in [-0.3, -0.25) is 0 Å². The number of benzene rings is 6. The third kappa shape index (κ3) is 7.63. The molecule has 6 aliphatic rings. The van der Waals surface area contributed by atoms with Gasteiger partial charge in [0.15, 0.2) is 0 Å². The molecule has 6 aromatic rings. The Hall–Kier alpha value is -5.66. The van der Waals surface area contributed by atoms with Gasteiger partial charge >= 0.3 is 0 Å². The first-order valence-electron chi connectivity index (χ1n) is 24.9. The van der Waals surface area contributed by atoms with Gasteiger partial charge in [-0.25, -0.2) is 0 Å². The Kier molecular flexibility index (Phi) is 10.2. The Balaban J connectivity index is 0.769. The summed E-state index contributed by atoms with van der Waals surface area (Å²) >= 11 is 0. The third-order valence-corrected chi connectivity index (χ3v) is 17.7. The van der Waals surface area contributed by atoms with E-state index in [9.17, 15) is 0 Å². The van der Waals surface area contributed by atoms with E-state index in [1.807, 2.05) is 0 Å². The first kappa shape index (κ1) is 39.9. The van der Waals surface area contributed by atoms with E-state index in [1.165, 1.54) is 130 Å². The molecule has 6 aliphatic carbocycles. The predicted molar refractivity (Wildman–Crippen MR) is 272 cm³/mol. The summed E-state index contributed by atoms with van der Waals surface area (Å²) in [5.74, 6) is 2.90. The second-order valence-electron chi connectivity index (χ2n) is 21.3. The maximum absolute atomic E-state index is 2.41. The number of hydrogen-bond acceptors (Lipinski definition) is 1. The van der Waals surface area contributed by atoms with Crippen molar-refractivity contribution in [1.82, 2.24) is 0 Å². The summed E-state index contributed by atoms with van der Waals surface area (Å²) in [6, 6.07) is 55.5. The molecule has 0 N–H and O–H groups in total. The predicted octanol–water partition coefficient (Wildman–Crippen LogP) is 17.2. The fourth-order valence-corrected chi connectivity index (χ4v) is 13.9. The molecule has 6 fully saturated rings. The van der Waals surface area contributed by atoms with E-state index >= 15 is 0 Å². The molecule has 1 heteroatoms. The molecule has 6 bridgehead atoms. The van der Waals surface area contributed by atoms with Crippen molar-refractivity contribution in [3.63, 3.8) is 0 Å². The number of nitrogens with zero attached hydrogens (tertiary/aromatic N) is 1. The minimum absolute atomic E-state index is 0.462.